The van der Waals surface area contributed by atoms with Gasteiger partial charge in [0.1, 0.15) is 0 Å². The summed E-state index contributed by atoms with van der Waals surface area (Å²) in [6, 6.07) is 0. The first kappa shape index (κ1) is 15.4. The molecule has 1 fully saturated rings. The molecule has 0 unspecified atom stereocenters. The Labute approximate surface area is 122 Å². The topological polar surface area (TPSA) is 39.1 Å². The van der Waals surface area contributed by atoms with Crippen LogP contribution in [0.15, 0.2) is 6.20 Å². The molecule has 1 saturated carbocycles. The van der Waals surface area contributed by atoms with Crippen LogP contribution in [-0.2, 0) is 11.3 Å². The van der Waals surface area contributed by atoms with Crippen LogP contribution in [0.1, 0.15) is 51.1 Å². The smallest absolute Gasteiger partial charge is 0.203 e. The van der Waals surface area contributed by atoms with Crippen LogP contribution in [-0.4, -0.2) is 29.3 Å². The summed E-state index contributed by atoms with van der Waals surface area (Å²) in [5.74, 6) is 1.96. The molecule has 0 aromatic carbocycles. The maximum atomic E-state index is 5.40. The second-order valence-corrected chi connectivity index (χ2v) is 5.82. The molecule has 0 bridgehead atoms. The maximum absolute atomic E-state index is 5.40. The molecule has 1 aliphatic carbocycles. The lowest BCUT2D eigenvalue weighted by Gasteiger charge is -2.12. The number of rotatable bonds is 9. The zero-order chi connectivity index (χ0) is 14.2. The summed E-state index contributed by atoms with van der Waals surface area (Å²) in [6.07, 6.45) is 10.1. The van der Waals surface area contributed by atoms with E-state index in [0.29, 0.717) is 0 Å². The molecular weight excluding hydrogens is 250 g/mol. The summed E-state index contributed by atoms with van der Waals surface area (Å²) in [5, 5.41) is 3.51. The van der Waals surface area contributed by atoms with Gasteiger partial charge in [-0.2, -0.15) is 0 Å². The molecule has 0 amide bonds. The second kappa shape index (κ2) is 8.30. The van der Waals surface area contributed by atoms with Crippen molar-refractivity contribution in [3.05, 3.63) is 11.9 Å². The van der Waals surface area contributed by atoms with Gasteiger partial charge in [-0.25, -0.2) is 4.98 Å². The highest BCUT2D eigenvalue weighted by Gasteiger charge is 2.14. The molecule has 0 spiro atoms. The number of hydrogen-bond acceptors (Lipinski definition) is 3. The van der Waals surface area contributed by atoms with Crippen LogP contribution < -0.4 is 5.32 Å². The van der Waals surface area contributed by atoms with Gasteiger partial charge in [0.05, 0.1) is 5.69 Å². The van der Waals surface area contributed by atoms with Gasteiger partial charge in [-0.3, -0.25) is 0 Å². The van der Waals surface area contributed by atoms with Gasteiger partial charge in [0, 0.05) is 32.5 Å². The summed E-state index contributed by atoms with van der Waals surface area (Å²) >= 11 is 0. The number of aromatic nitrogens is 2. The highest BCUT2D eigenvalue weighted by Crippen LogP contribution is 2.27. The molecule has 1 aliphatic rings. The first-order chi connectivity index (χ1) is 9.79. The molecule has 4 heteroatoms. The number of anilines is 1. The highest BCUT2D eigenvalue weighted by molar-refractivity contribution is 5.28. The maximum Gasteiger partial charge on any atom is 0.203 e. The lowest BCUT2D eigenvalue weighted by Crippen LogP contribution is -2.12. The van der Waals surface area contributed by atoms with Crippen molar-refractivity contribution in [3.8, 4) is 0 Å². The Kier molecular flexibility index (Phi) is 6.37. The van der Waals surface area contributed by atoms with Gasteiger partial charge in [-0.15, -0.1) is 0 Å². The fraction of sp³-hybridized carbons (Fsp3) is 0.812. The number of hydrogen-bond donors (Lipinski definition) is 1. The molecule has 0 aliphatic heterocycles. The number of ether oxygens (including phenoxy) is 1. The Balaban J connectivity index is 1.74. The molecule has 0 radical (unpaired) electrons. The predicted molar refractivity (Wildman–Crippen MR) is 83.1 cm³/mol. The minimum absolute atomic E-state index is 0.801. The van der Waals surface area contributed by atoms with Gasteiger partial charge in [-0.05, 0) is 32.6 Å². The highest BCUT2D eigenvalue weighted by atomic mass is 16.5. The third kappa shape index (κ3) is 4.82. The fourth-order valence-electron chi connectivity index (χ4n) is 3.03. The quantitative estimate of drug-likeness (QED) is 0.702. The van der Waals surface area contributed by atoms with Gasteiger partial charge >= 0.3 is 0 Å². The largest absolute Gasteiger partial charge is 0.382 e. The zero-order valence-corrected chi connectivity index (χ0v) is 13.0. The minimum Gasteiger partial charge on any atom is -0.382 e. The van der Waals surface area contributed by atoms with E-state index < -0.39 is 0 Å². The third-order valence-electron chi connectivity index (χ3n) is 4.10. The monoisotopic (exact) mass is 279 g/mol. The van der Waals surface area contributed by atoms with Crippen molar-refractivity contribution in [2.45, 2.75) is 58.9 Å². The van der Waals surface area contributed by atoms with E-state index in [1.807, 2.05) is 6.92 Å². The van der Waals surface area contributed by atoms with Crippen LogP contribution in [0.3, 0.4) is 0 Å². The van der Waals surface area contributed by atoms with Crippen molar-refractivity contribution >= 4 is 5.95 Å². The van der Waals surface area contributed by atoms with Crippen LogP contribution in [0.5, 0.6) is 0 Å². The Hall–Kier alpha value is -1.03. The number of imidazole rings is 1. The standard InChI is InChI=1S/C16H29N3O/c1-3-20-12-6-11-19-13-14(2)18-16(19)17-10-9-15-7-4-5-8-15/h13,15H,3-12H2,1-2H3,(H,17,18). The van der Waals surface area contributed by atoms with Gasteiger partial charge in [0.25, 0.3) is 0 Å². The van der Waals surface area contributed by atoms with Crippen molar-refractivity contribution in [2.75, 3.05) is 25.1 Å². The van der Waals surface area contributed by atoms with Crippen LogP contribution >= 0.6 is 0 Å². The first-order valence-electron chi connectivity index (χ1n) is 8.15. The van der Waals surface area contributed by atoms with E-state index in [-0.39, 0.29) is 0 Å². The Morgan fingerprint density at radius 3 is 2.95 bits per heavy atom. The molecule has 1 aromatic rings. The van der Waals surface area contributed by atoms with Gasteiger partial charge < -0.3 is 14.6 Å². The van der Waals surface area contributed by atoms with Crippen molar-refractivity contribution in [2.24, 2.45) is 5.92 Å². The Morgan fingerprint density at radius 2 is 2.20 bits per heavy atom. The first-order valence-corrected chi connectivity index (χ1v) is 8.15. The third-order valence-corrected chi connectivity index (χ3v) is 4.10. The zero-order valence-electron chi connectivity index (χ0n) is 13.0. The van der Waals surface area contributed by atoms with E-state index in [1.165, 1.54) is 32.1 Å². The number of nitrogens with zero attached hydrogens (tertiary/aromatic N) is 2. The van der Waals surface area contributed by atoms with E-state index in [0.717, 1.165) is 50.3 Å². The predicted octanol–water partition coefficient (Wildman–Crippen LogP) is 3.61. The summed E-state index contributed by atoms with van der Waals surface area (Å²) in [7, 11) is 0. The molecule has 1 N–H and O–H groups in total. The number of aryl methyl sites for hydroxylation is 2. The van der Waals surface area contributed by atoms with E-state index in [2.05, 4.69) is 28.0 Å². The fourth-order valence-corrected chi connectivity index (χ4v) is 3.03. The van der Waals surface area contributed by atoms with Crippen LogP contribution in [0.2, 0.25) is 0 Å². The van der Waals surface area contributed by atoms with Crippen LogP contribution in [0, 0.1) is 12.8 Å². The molecule has 20 heavy (non-hydrogen) atoms. The van der Waals surface area contributed by atoms with Crippen molar-refractivity contribution in [3.63, 3.8) is 0 Å². The summed E-state index contributed by atoms with van der Waals surface area (Å²) < 4.78 is 7.62. The molecule has 0 atom stereocenters. The van der Waals surface area contributed by atoms with Crippen molar-refractivity contribution in [1.29, 1.82) is 0 Å². The second-order valence-electron chi connectivity index (χ2n) is 5.82. The van der Waals surface area contributed by atoms with E-state index in [9.17, 15) is 0 Å². The van der Waals surface area contributed by atoms with E-state index in [4.69, 9.17) is 4.74 Å². The summed E-state index contributed by atoms with van der Waals surface area (Å²) in [5.41, 5.74) is 1.09. The Bertz CT molecular complexity index is 383. The van der Waals surface area contributed by atoms with Crippen molar-refractivity contribution in [1.82, 2.24) is 9.55 Å². The SMILES string of the molecule is CCOCCCn1cc(C)nc1NCCC1CCCC1. The summed E-state index contributed by atoms with van der Waals surface area (Å²) in [6.45, 7) is 7.75. The van der Waals surface area contributed by atoms with E-state index in [1.54, 1.807) is 0 Å². The molecule has 4 nitrogen and oxygen atoms in total. The molecule has 0 saturated heterocycles. The van der Waals surface area contributed by atoms with Crippen LogP contribution in [0.4, 0.5) is 5.95 Å². The molecule has 1 heterocycles. The van der Waals surface area contributed by atoms with Crippen molar-refractivity contribution < 1.29 is 4.74 Å². The average molecular weight is 279 g/mol. The average Bonchev–Trinajstić information content (AvgIpc) is 3.05. The lowest BCUT2D eigenvalue weighted by molar-refractivity contribution is 0.142. The summed E-state index contributed by atoms with van der Waals surface area (Å²) in [4.78, 5) is 4.58. The molecule has 2 rings (SSSR count). The van der Waals surface area contributed by atoms with Gasteiger partial charge in [0.2, 0.25) is 5.95 Å². The lowest BCUT2D eigenvalue weighted by atomic mass is 10.0. The van der Waals surface area contributed by atoms with Gasteiger partial charge in [-0.1, -0.05) is 25.7 Å². The normalized spacial score (nSPS) is 15.9. The number of nitrogens with one attached hydrogen (secondary N) is 1. The van der Waals surface area contributed by atoms with Gasteiger partial charge in [0.15, 0.2) is 0 Å². The molecule has 114 valence electrons. The van der Waals surface area contributed by atoms with Crippen LogP contribution in [0.25, 0.3) is 0 Å². The van der Waals surface area contributed by atoms with E-state index >= 15 is 0 Å². The Morgan fingerprint density at radius 1 is 1.40 bits per heavy atom. The molecular formula is C16H29N3O. The molecule has 1 aromatic heterocycles. The minimum atomic E-state index is 0.801.